The van der Waals surface area contributed by atoms with E-state index in [4.69, 9.17) is 4.74 Å². The molecule has 0 radical (unpaired) electrons. The number of halogens is 2. The van der Waals surface area contributed by atoms with Gasteiger partial charge in [-0.1, -0.05) is 24.3 Å². The summed E-state index contributed by atoms with van der Waals surface area (Å²) >= 11 is 0. The van der Waals surface area contributed by atoms with Crippen molar-refractivity contribution >= 4 is 28.8 Å². The van der Waals surface area contributed by atoms with Crippen LogP contribution in [0.25, 0.3) is 0 Å². The molecule has 0 saturated carbocycles. The van der Waals surface area contributed by atoms with Gasteiger partial charge in [-0.25, -0.2) is 13.6 Å². The lowest BCUT2D eigenvalue weighted by Crippen LogP contribution is -2.49. The van der Waals surface area contributed by atoms with Crippen molar-refractivity contribution < 1.29 is 23.2 Å². The third-order valence-electron chi connectivity index (χ3n) is 8.67. The molecule has 1 aliphatic heterocycles. The number of nitro benzene ring substituents is 1. The molecule has 1 aliphatic rings. The van der Waals surface area contributed by atoms with Gasteiger partial charge in [0.15, 0.2) is 0 Å². The first kappa shape index (κ1) is 35.1. The Balaban J connectivity index is 1.03. The lowest BCUT2D eigenvalue weighted by molar-refractivity contribution is -0.384. The minimum atomic E-state index is -0.460. The van der Waals surface area contributed by atoms with Crippen LogP contribution in [0, 0.1) is 21.7 Å². The highest BCUT2D eigenvalue weighted by Crippen LogP contribution is 2.30. The summed E-state index contributed by atoms with van der Waals surface area (Å²) in [5.74, 6) is -0.524. The van der Waals surface area contributed by atoms with E-state index < -0.39 is 4.92 Å². The second kappa shape index (κ2) is 17.3. The number of azo groups is 1. The number of amides is 1. The fraction of sp³-hybridized carbons (Fsp3) is 0.324. The lowest BCUT2D eigenvalue weighted by Gasteiger charge is -2.34. The van der Waals surface area contributed by atoms with Crippen molar-refractivity contribution in [3.63, 3.8) is 0 Å². The maximum absolute atomic E-state index is 13.6. The van der Waals surface area contributed by atoms with Crippen molar-refractivity contribution in [2.75, 3.05) is 57.3 Å². The van der Waals surface area contributed by atoms with E-state index in [9.17, 15) is 23.7 Å². The standard InChI is InChI=1S/C37H40F2N6O4/c1-2-43(34-17-13-32(14-18-34)40-41-33-15-19-35(20-16-33)45(47)48)26-27-49-37(46)44-24-22-42(23-25-44)21-3-4-36(28-5-9-30(38)10-6-28)29-7-11-31(39)12-8-29/h5-20,36H,2-4,21-27H2,1H3. The lowest BCUT2D eigenvalue weighted by atomic mass is 9.87. The monoisotopic (exact) mass is 670 g/mol. The van der Waals surface area contributed by atoms with Crippen LogP contribution in [0.15, 0.2) is 107 Å². The number of piperazine rings is 1. The summed E-state index contributed by atoms with van der Waals surface area (Å²) < 4.78 is 32.8. The molecule has 4 aromatic rings. The van der Waals surface area contributed by atoms with Gasteiger partial charge < -0.3 is 14.5 Å². The summed E-state index contributed by atoms with van der Waals surface area (Å²) in [6, 6.07) is 26.4. The summed E-state index contributed by atoms with van der Waals surface area (Å²) in [4.78, 5) is 29.4. The van der Waals surface area contributed by atoms with Crippen molar-refractivity contribution in [1.82, 2.24) is 9.80 Å². The van der Waals surface area contributed by atoms with Gasteiger partial charge >= 0.3 is 6.09 Å². The van der Waals surface area contributed by atoms with Crippen LogP contribution in [0.4, 0.5) is 36.3 Å². The molecule has 0 N–H and O–H groups in total. The molecule has 4 aromatic carbocycles. The zero-order valence-corrected chi connectivity index (χ0v) is 27.5. The summed E-state index contributed by atoms with van der Waals surface area (Å²) in [7, 11) is 0. The fourth-order valence-electron chi connectivity index (χ4n) is 5.88. The average Bonchev–Trinajstić information content (AvgIpc) is 3.13. The van der Waals surface area contributed by atoms with E-state index in [-0.39, 0.29) is 35.9 Å². The Labute approximate surface area is 284 Å². The molecule has 1 heterocycles. The van der Waals surface area contributed by atoms with Crippen LogP contribution in [0.1, 0.15) is 36.8 Å². The number of non-ortho nitro benzene ring substituents is 1. The molecule has 0 atom stereocenters. The zero-order valence-electron chi connectivity index (χ0n) is 27.5. The molecule has 1 amide bonds. The first-order valence-electron chi connectivity index (χ1n) is 16.4. The summed E-state index contributed by atoms with van der Waals surface area (Å²) in [5.41, 5.74) is 4.12. The quantitative estimate of drug-likeness (QED) is 0.0757. The van der Waals surface area contributed by atoms with Crippen LogP contribution in [0.5, 0.6) is 0 Å². The first-order chi connectivity index (χ1) is 23.8. The van der Waals surface area contributed by atoms with Gasteiger partial charge in [0.2, 0.25) is 0 Å². The molecule has 0 spiro atoms. The summed E-state index contributed by atoms with van der Waals surface area (Å²) in [5, 5.41) is 19.2. The molecule has 1 fully saturated rings. The maximum Gasteiger partial charge on any atom is 0.409 e. The van der Waals surface area contributed by atoms with Crippen LogP contribution in [0.2, 0.25) is 0 Å². The fourth-order valence-corrected chi connectivity index (χ4v) is 5.88. The van der Waals surface area contributed by atoms with Gasteiger partial charge in [-0.3, -0.25) is 15.0 Å². The highest BCUT2D eigenvalue weighted by Gasteiger charge is 2.23. The minimum absolute atomic E-state index is 0.00176. The molecule has 49 heavy (non-hydrogen) atoms. The number of ether oxygens (including phenoxy) is 1. The number of hydrogen-bond donors (Lipinski definition) is 0. The second-order valence-electron chi connectivity index (χ2n) is 11.8. The van der Waals surface area contributed by atoms with E-state index in [2.05, 4.69) is 20.0 Å². The third kappa shape index (κ3) is 10.1. The van der Waals surface area contributed by atoms with E-state index in [0.29, 0.717) is 31.0 Å². The van der Waals surface area contributed by atoms with Gasteiger partial charge in [0.25, 0.3) is 5.69 Å². The first-order valence-corrected chi connectivity index (χ1v) is 16.4. The average molecular weight is 671 g/mol. The molecule has 10 nitrogen and oxygen atoms in total. The maximum atomic E-state index is 13.6. The molecule has 0 aromatic heterocycles. The molecule has 0 bridgehead atoms. The van der Waals surface area contributed by atoms with Crippen molar-refractivity contribution in [3.8, 4) is 0 Å². The summed E-state index contributed by atoms with van der Waals surface area (Å²) in [6.07, 6.45) is 1.42. The Morgan fingerprint density at radius 1 is 0.837 bits per heavy atom. The van der Waals surface area contributed by atoms with Gasteiger partial charge in [-0.05, 0) is 98.1 Å². The molecule has 0 aliphatic carbocycles. The van der Waals surface area contributed by atoms with Crippen molar-refractivity contribution in [1.29, 1.82) is 0 Å². The number of nitrogens with zero attached hydrogens (tertiary/aromatic N) is 6. The van der Waals surface area contributed by atoms with Gasteiger partial charge in [-0.15, -0.1) is 0 Å². The zero-order chi connectivity index (χ0) is 34.6. The Kier molecular flexibility index (Phi) is 12.4. The van der Waals surface area contributed by atoms with Gasteiger partial charge in [-0.2, -0.15) is 10.2 Å². The van der Waals surface area contributed by atoms with Crippen molar-refractivity contribution in [2.45, 2.75) is 25.7 Å². The highest BCUT2D eigenvalue weighted by atomic mass is 19.1. The second-order valence-corrected chi connectivity index (χ2v) is 11.8. The van der Waals surface area contributed by atoms with Crippen LogP contribution in [-0.4, -0.2) is 73.2 Å². The Morgan fingerprint density at radius 2 is 1.37 bits per heavy atom. The molecule has 5 rings (SSSR count). The largest absolute Gasteiger partial charge is 0.448 e. The number of hydrogen-bond acceptors (Lipinski definition) is 8. The van der Waals surface area contributed by atoms with E-state index in [1.165, 1.54) is 36.4 Å². The highest BCUT2D eigenvalue weighted by molar-refractivity contribution is 5.67. The number of anilines is 1. The minimum Gasteiger partial charge on any atom is -0.448 e. The Bertz CT molecular complexity index is 1630. The van der Waals surface area contributed by atoms with Crippen LogP contribution in [-0.2, 0) is 4.74 Å². The summed E-state index contributed by atoms with van der Waals surface area (Å²) in [6.45, 7) is 7.09. The van der Waals surface area contributed by atoms with Gasteiger partial charge in [0.05, 0.1) is 22.8 Å². The number of benzene rings is 4. The molecule has 1 saturated heterocycles. The number of carbonyl (C=O) groups is 1. The van der Waals surface area contributed by atoms with Gasteiger partial charge in [0, 0.05) is 56.5 Å². The Hall–Kier alpha value is -5.23. The molecule has 0 unspecified atom stereocenters. The van der Waals surface area contributed by atoms with Crippen LogP contribution < -0.4 is 4.90 Å². The Morgan fingerprint density at radius 3 is 1.88 bits per heavy atom. The number of rotatable bonds is 14. The SMILES string of the molecule is CCN(CCOC(=O)N1CCN(CCCC(c2ccc(F)cc2)c2ccc(F)cc2)CC1)c1ccc(N=Nc2ccc([N+](=O)[O-])cc2)cc1. The van der Waals surface area contributed by atoms with Crippen LogP contribution >= 0.6 is 0 Å². The molecular weight excluding hydrogens is 630 g/mol. The molecule has 12 heteroatoms. The predicted octanol–water partition coefficient (Wildman–Crippen LogP) is 8.48. The normalized spacial score (nSPS) is 13.6. The van der Waals surface area contributed by atoms with Crippen molar-refractivity contribution in [2.24, 2.45) is 10.2 Å². The number of nitro groups is 1. The third-order valence-corrected chi connectivity index (χ3v) is 8.67. The van der Waals surface area contributed by atoms with Crippen LogP contribution in [0.3, 0.4) is 0 Å². The van der Waals surface area contributed by atoms with E-state index in [1.54, 1.807) is 41.3 Å². The van der Waals surface area contributed by atoms with Gasteiger partial charge in [0.1, 0.15) is 18.2 Å². The van der Waals surface area contributed by atoms with E-state index in [1.807, 2.05) is 31.2 Å². The number of carbonyl (C=O) groups excluding carboxylic acids is 1. The molecule has 256 valence electrons. The van der Waals surface area contributed by atoms with E-state index >= 15 is 0 Å². The topological polar surface area (TPSA) is 104 Å². The number of likely N-dealkylation sites (N-methyl/N-ethyl adjacent to an activating group) is 1. The van der Waals surface area contributed by atoms with Crippen molar-refractivity contribution in [3.05, 3.63) is 130 Å². The molecular formula is C37H40F2N6O4. The smallest absolute Gasteiger partial charge is 0.409 e. The predicted molar refractivity (Wildman–Crippen MR) is 185 cm³/mol. The van der Waals surface area contributed by atoms with E-state index in [0.717, 1.165) is 55.8 Å².